The van der Waals surface area contributed by atoms with Gasteiger partial charge in [0.25, 0.3) is 12.4 Å². The van der Waals surface area contributed by atoms with Crippen molar-refractivity contribution in [3.63, 3.8) is 0 Å². The lowest BCUT2D eigenvalue weighted by Gasteiger charge is -2.23. The minimum Gasteiger partial charge on any atom is -0.462 e. The first-order valence-electron chi connectivity index (χ1n) is 8.12. The molecule has 1 aromatic carbocycles. The van der Waals surface area contributed by atoms with Gasteiger partial charge in [0.05, 0.1) is 0 Å². The highest BCUT2D eigenvalue weighted by Gasteiger charge is 2.16. The highest BCUT2D eigenvalue weighted by atomic mass is 79.9. The molecular formula is C18H27BrN2O3. The normalized spacial score (nSPS) is 15.0. The van der Waals surface area contributed by atoms with E-state index in [0.717, 1.165) is 41.5 Å². The molecule has 1 saturated heterocycles. The predicted molar refractivity (Wildman–Crippen MR) is 99.1 cm³/mol. The maximum absolute atomic E-state index is 12.0. The van der Waals surface area contributed by atoms with Gasteiger partial charge in [0.2, 0.25) is 0 Å². The SMILES string of the molecule is CC(C)(C)OC=O.Cc1cc(C(=O)NC2CCNCC2)ccc1Br. The smallest absolute Gasteiger partial charge is 0.293 e. The van der Waals surface area contributed by atoms with Crippen LogP contribution in [0.5, 0.6) is 0 Å². The Morgan fingerprint density at radius 3 is 2.42 bits per heavy atom. The van der Waals surface area contributed by atoms with Crippen LogP contribution in [0.3, 0.4) is 0 Å². The zero-order chi connectivity index (χ0) is 18.2. The maximum atomic E-state index is 12.0. The molecule has 6 heteroatoms. The van der Waals surface area contributed by atoms with Gasteiger partial charge in [-0.1, -0.05) is 15.9 Å². The Morgan fingerprint density at radius 1 is 1.33 bits per heavy atom. The number of nitrogens with one attached hydrogen (secondary N) is 2. The van der Waals surface area contributed by atoms with Gasteiger partial charge in [-0.15, -0.1) is 0 Å². The molecule has 2 rings (SSSR count). The average molecular weight is 399 g/mol. The fourth-order valence-corrected chi connectivity index (χ4v) is 2.41. The Labute approximate surface area is 152 Å². The molecule has 0 saturated carbocycles. The molecule has 0 bridgehead atoms. The van der Waals surface area contributed by atoms with Gasteiger partial charge >= 0.3 is 0 Å². The Hall–Kier alpha value is -1.40. The summed E-state index contributed by atoms with van der Waals surface area (Å²) in [4.78, 5) is 21.6. The number of piperidine rings is 1. The highest BCUT2D eigenvalue weighted by Crippen LogP contribution is 2.17. The zero-order valence-corrected chi connectivity index (χ0v) is 16.4. The molecule has 24 heavy (non-hydrogen) atoms. The van der Waals surface area contributed by atoms with Crippen LogP contribution < -0.4 is 10.6 Å². The van der Waals surface area contributed by atoms with Crippen LogP contribution >= 0.6 is 15.9 Å². The third-order valence-electron chi connectivity index (χ3n) is 3.50. The molecule has 5 nitrogen and oxygen atoms in total. The van der Waals surface area contributed by atoms with E-state index in [1.807, 2.05) is 45.9 Å². The second kappa shape index (κ2) is 9.79. The number of amides is 1. The average Bonchev–Trinajstić information content (AvgIpc) is 2.50. The number of carbonyl (C=O) groups is 2. The molecule has 1 amide bonds. The summed E-state index contributed by atoms with van der Waals surface area (Å²) in [5, 5.41) is 6.37. The molecule has 1 aliphatic heterocycles. The van der Waals surface area contributed by atoms with Crippen LogP contribution in [-0.2, 0) is 9.53 Å². The lowest BCUT2D eigenvalue weighted by molar-refractivity contribution is -0.138. The van der Waals surface area contributed by atoms with E-state index >= 15 is 0 Å². The number of benzene rings is 1. The van der Waals surface area contributed by atoms with Gasteiger partial charge in [0.1, 0.15) is 5.60 Å². The Balaban J connectivity index is 0.000000351. The molecule has 0 aromatic heterocycles. The minimum absolute atomic E-state index is 0.0347. The molecule has 1 fully saturated rings. The van der Waals surface area contributed by atoms with E-state index in [2.05, 4.69) is 31.3 Å². The first-order chi connectivity index (χ1) is 11.2. The lowest BCUT2D eigenvalue weighted by Crippen LogP contribution is -2.42. The van der Waals surface area contributed by atoms with E-state index in [9.17, 15) is 9.59 Å². The molecule has 2 N–H and O–H groups in total. The van der Waals surface area contributed by atoms with Gasteiger partial charge in [-0.3, -0.25) is 9.59 Å². The summed E-state index contributed by atoms with van der Waals surface area (Å²) < 4.78 is 5.59. The third-order valence-corrected chi connectivity index (χ3v) is 4.39. The summed E-state index contributed by atoms with van der Waals surface area (Å²) in [7, 11) is 0. The number of hydrogen-bond acceptors (Lipinski definition) is 4. The van der Waals surface area contributed by atoms with Crippen molar-refractivity contribution in [1.29, 1.82) is 0 Å². The molecule has 0 unspecified atom stereocenters. The third kappa shape index (κ3) is 7.93. The first-order valence-corrected chi connectivity index (χ1v) is 8.91. The first kappa shape index (κ1) is 20.6. The second-order valence-electron chi connectivity index (χ2n) is 6.79. The minimum atomic E-state index is -0.318. The monoisotopic (exact) mass is 398 g/mol. The van der Waals surface area contributed by atoms with E-state index in [4.69, 9.17) is 0 Å². The maximum Gasteiger partial charge on any atom is 0.293 e. The number of ether oxygens (including phenoxy) is 1. The van der Waals surface area contributed by atoms with Gasteiger partial charge < -0.3 is 15.4 Å². The van der Waals surface area contributed by atoms with E-state index < -0.39 is 0 Å². The lowest BCUT2D eigenvalue weighted by atomic mass is 10.1. The van der Waals surface area contributed by atoms with Crippen LogP contribution in [0.1, 0.15) is 49.5 Å². The van der Waals surface area contributed by atoms with Crippen molar-refractivity contribution in [1.82, 2.24) is 10.6 Å². The van der Waals surface area contributed by atoms with Crippen molar-refractivity contribution < 1.29 is 14.3 Å². The number of carbonyl (C=O) groups excluding carboxylic acids is 2. The molecule has 0 radical (unpaired) electrons. The Bertz CT molecular complexity index is 550. The molecule has 0 spiro atoms. The molecule has 1 aliphatic rings. The fourth-order valence-electron chi connectivity index (χ4n) is 2.17. The van der Waals surface area contributed by atoms with Crippen molar-refractivity contribution in [3.05, 3.63) is 33.8 Å². The van der Waals surface area contributed by atoms with Crippen molar-refractivity contribution in [2.24, 2.45) is 0 Å². The molecule has 0 aliphatic carbocycles. The zero-order valence-electron chi connectivity index (χ0n) is 14.8. The number of hydrogen-bond donors (Lipinski definition) is 2. The van der Waals surface area contributed by atoms with Gasteiger partial charge in [-0.05, 0) is 77.4 Å². The number of halogens is 1. The van der Waals surface area contributed by atoms with Crippen molar-refractivity contribution in [2.75, 3.05) is 13.1 Å². The molecule has 0 atom stereocenters. The molecule has 1 heterocycles. The molecular weight excluding hydrogens is 372 g/mol. The number of rotatable bonds is 3. The Morgan fingerprint density at radius 2 is 1.96 bits per heavy atom. The summed E-state index contributed by atoms with van der Waals surface area (Å²) in [6, 6.07) is 6.01. The molecule has 134 valence electrons. The van der Waals surface area contributed by atoms with Crippen LogP contribution in [0, 0.1) is 6.92 Å². The summed E-state index contributed by atoms with van der Waals surface area (Å²) in [6.07, 6.45) is 2.03. The van der Waals surface area contributed by atoms with Gasteiger partial charge in [0.15, 0.2) is 0 Å². The van der Waals surface area contributed by atoms with Gasteiger partial charge in [-0.25, -0.2) is 0 Å². The van der Waals surface area contributed by atoms with Crippen LogP contribution in [0.2, 0.25) is 0 Å². The highest BCUT2D eigenvalue weighted by molar-refractivity contribution is 9.10. The quantitative estimate of drug-likeness (QED) is 0.767. The summed E-state index contributed by atoms with van der Waals surface area (Å²) in [5.41, 5.74) is 1.51. The fraction of sp³-hybridized carbons (Fsp3) is 0.556. The van der Waals surface area contributed by atoms with E-state index in [1.54, 1.807) is 0 Å². The van der Waals surface area contributed by atoms with Crippen LogP contribution in [0.25, 0.3) is 0 Å². The summed E-state index contributed by atoms with van der Waals surface area (Å²) >= 11 is 3.44. The van der Waals surface area contributed by atoms with Gasteiger partial charge in [-0.2, -0.15) is 0 Å². The number of aryl methyl sites for hydroxylation is 1. The second-order valence-corrected chi connectivity index (χ2v) is 7.64. The van der Waals surface area contributed by atoms with Gasteiger partial charge in [0, 0.05) is 16.1 Å². The Kier molecular flexibility index (Phi) is 8.42. The van der Waals surface area contributed by atoms with Crippen molar-refractivity contribution in [3.8, 4) is 0 Å². The van der Waals surface area contributed by atoms with Crippen molar-refractivity contribution >= 4 is 28.3 Å². The van der Waals surface area contributed by atoms with E-state index in [-0.39, 0.29) is 11.5 Å². The molecule has 1 aromatic rings. The predicted octanol–water partition coefficient (Wildman–Crippen LogP) is 3.20. The van der Waals surface area contributed by atoms with E-state index in [1.165, 1.54) is 0 Å². The topological polar surface area (TPSA) is 67.4 Å². The van der Waals surface area contributed by atoms with Crippen molar-refractivity contribution in [2.45, 2.75) is 52.2 Å². The van der Waals surface area contributed by atoms with Crippen LogP contribution in [-0.4, -0.2) is 37.1 Å². The van der Waals surface area contributed by atoms with E-state index in [0.29, 0.717) is 12.5 Å². The summed E-state index contributed by atoms with van der Waals surface area (Å²) in [6.45, 7) is 9.89. The largest absolute Gasteiger partial charge is 0.462 e. The standard InChI is InChI=1S/C13H17BrN2O.C5H10O2/c1-9-8-10(2-3-12(9)14)13(17)16-11-4-6-15-7-5-11;1-5(2,3)7-4-6/h2-3,8,11,15H,4-7H2,1H3,(H,16,17);4H,1-3H3. The summed E-state index contributed by atoms with van der Waals surface area (Å²) in [5.74, 6) is 0.0347. The van der Waals surface area contributed by atoms with Crippen LogP contribution in [0.15, 0.2) is 22.7 Å². The van der Waals surface area contributed by atoms with Crippen LogP contribution in [0.4, 0.5) is 0 Å².